The number of rotatable bonds is 4. The summed E-state index contributed by atoms with van der Waals surface area (Å²) in [5, 5.41) is 9.04. The lowest BCUT2D eigenvalue weighted by molar-refractivity contribution is 0.0694. The second kappa shape index (κ2) is 5.86. The first-order chi connectivity index (χ1) is 8.66. The minimum atomic E-state index is -0.934. The third-order valence-corrected chi connectivity index (χ3v) is 3.17. The van der Waals surface area contributed by atoms with Gasteiger partial charge in [0.2, 0.25) is 0 Å². The van der Waals surface area contributed by atoms with Crippen molar-refractivity contribution in [2.24, 2.45) is 0 Å². The van der Waals surface area contributed by atoms with Gasteiger partial charge in [-0.15, -0.1) is 0 Å². The van der Waals surface area contributed by atoms with E-state index < -0.39 is 5.97 Å². The van der Waals surface area contributed by atoms with E-state index in [0.29, 0.717) is 5.56 Å². The Morgan fingerprint density at radius 3 is 2.44 bits per heavy atom. The molecule has 0 fully saturated rings. The lowest BCUT2D eigenvalue weighted by atomic mass is 10.1. The van der Waals surface area contributed by atoms with E-state index >= 15 is 0 Å². The number of carbonyl (C=O) groups is 1. The van der Waals surface area contributed by atoms with Gasteiger partial charge in [0.05, 0.1) is 5.56 Å². The topological polar surface area (TPSA) is 46.5 Å². The summed E-state index contributed by atoms with van der Waals surface area (Å²) in [5.41, 5.74) is 0.951. The van der Waals surface area contributed by atoms with E-state index in [4.69, 9.17) is 9.84 Å². The van der Waals surface area contributed by atoms with E-state index in [1.165, 1.54) is 0 Å². The van der Waals surface area contributed by atoms with Crippen LogP contribution in [0.15, 0.2) is 48.5 Å². The molecule has 0 unspecified atom stereocenters. The maximum Gasteiger partial charge on any atom is 0.336 e. The Balaban J connectivity index is 2.10. The molecule has 0 aromatic heterocycles. The fourth-order valence-corrected chi connectivity index (χ4v) is 1.91. The summed E-state index contributed by atoms with van der Waals surface area (Å²) in [6.45, 7) is 0.253. The van der Waals surface area contributed by atoms with Crippen molar-refractivity contribution in [1.29, 1.82) is 0 Å². The Hall–Kier alpha value is -1.56. The van der Waals surface area contributed by atoms with Gasteiger partial charge >= 0.3 is 5.97 Å². The van der Waals surface area contributed by atoms with Crippen LogP contribution < -0.4 is 4.74 Å². The average Bonchev–Trinajstić information content (AvgIpc) is 2.38. The number of ether oxygens (including phenoxy) is 1. The highest BCUT2D eigenvalue weighted by atomic mass is 127. The van der Waals surface area contributed by atoms with Crippen molar-refractivity contribution in [1.82, 2.24) is 0 Å². The second-order valence-electron chi connectivity index (χ2n) is 3.70. The van der Waals surface area contributed by atoms with Gasteiger partial charge in [0.1, 0.15) is 12.4 Å². The Morgan fingerprint density at radius 2 is 1.78 bits per heavy atom. The number of hydrogen-bond donors (Lipinski definition) is 1. The first-order valence-electron chi connectivity index (χ1n) is 5.36. The summed E-state index contributed by atoms with van der Waals surface area (Å²) in [7, 11) is 0. The highest BCUT2D eigenvalue weighted by molar-refractivity contribution is 14.1. The van der Waals surface area contributed by atoms with E-state index in [1.807, 2.05) is 24.3 Å². The van der Waals surface area contributed by atoms with Gasteiger partial charge < -0.3 is 9.84 Å². The van der Waals surface area contributed by atoms with E-state index in [2.05, 4.69) is 22.6 Å². The van der Waals surface area contributed by atoms with Gasteiger partial charge in [-0.2, -0.15) is 0 Å². The van der Waals surface area contributed by atoms with E-state index in [-0.39, 0.29) is 12.2 Å². The van der Waals surface area contributed by atoms with Crippen LogP contribution in [-0.4, -0.2) is 11.1 Å². The second-order valence-corrected chi connectivity index (χ2v) is 4.95. The molecule has 0 saturated carbocycles. The fourth-order valence-electron chi connectivity index (χ4n) is 1.55. The smallest absolute Gasteiger partial charge is 0.336 e. The molecule has 18 heavy (non-hydrogen) atoms. The van der Waals surface area contributed by atoms with Gasteiger partial charge in [-0.1, -0.05) is 18.2 Å². The van der Waals surface area contributed by atoms with Crippen molar-refractivity contribution in [3.63, 3.8) is 0 Å². The van der Waals surface area contributed by atoms with Crippen LogP contribution in [0.5, 0.6) is 5.75 Å². The minimum Gasteiger partial charge on any atom is -0.489 e. The fraction of sp³-hybridized carbons (Fsp3) is 0.0714. The summed E-state index contributed by atoms with van der Waals surface area (Å²) in [4.78, 5) is 11.0. The Labute approximate surface area is 119 Å². The zero-order chi connectivity index (χ0) is 13.0. The monoisotopic (exact) mass is 354 g/mol. The molecule has 0 aliphatic rings. The third kappa shape index (κ3) is 3.22. The number of aromatic carboxylic acids is 1. The van der Waals surface area contributed by atoms with Crippen LogP contribution in [0.25, 0.3) is 0 Å². The van der Waals surface area contributed by atoms with E-state index in [1.54, 1.807) is 24.3 Å². The van der Waals surface area contributed by atoms with Gasteiger partial charge in [-0.3, -0.25) is 0 Å². The predicted molar refractivity (Wildman–Crippen MR) is 76.9 cm³/mol. The summed E-state index contributed by atoms with van der Waals surface area (Å²) in [5.74, 6) is -0.201. The number of halogens is 1. The highest BCUT2D eigenvalue weighted by Gasteiger charge is 2.09. The SMILES string of the molecule is O=C(O)c1ccccc1COc1ccc(I)cc1. The molecule has 2 aromatic rings. The van der Waals surface area contributed by atoms with Crippen molar-refractivity contribution in [3.05, 3.63) is 63.2 Å². The molecule has 2 rings (SSSR count). The standard InChI is InChI=1S/C14H11IO3/c15-11-5-7-12(8-6-11)18-9-10-3-1-2-4-13(10)14(16)17/h1-8H,9H2,(H,16,17). The van der Waals surface area contributed by atoms with Crippen LogP contribution in [0.1, 0.15) is 15.9 Å². The zero-order valence-electron chi connectivity index (χ0n) is 9.47. The van der Waals surface area contributed by atoms with Gasteiger partial charge in [-0.25, -0.2) is 4.79 Å². The summed E-state index contributed by atoms with van der Waals surface area (Å²) < 4.78 is 6.70. The average molecular weight is 354 g/mol. The molecule has 0 amide bonds. The molecule has 4 heteroatoms. The number of hydrogen-bond acceptors (Lipinski definition) is 2. The molecular formula is C14H11IO3. The summed E-state index contributed by atoms with van der Waals surface area (Å²) in [6, 6.07) is 14.5. The van der Waals surface area contributed by atoms with Gasteiger partial charge in [0.25, 0.3) is 0 Å². The van der Waals surface area contributed by atoms with Crippen molar-refractivity contribution >= 4 is 28.6 Å². The molecule has 3 nitrogen and oxygen atoms in total. The predicted octanol–water partition coefficient (Wildman–Crippen LogP) is 3.57. The summed E-state index contributed by atoms with van der Waals surface area (Å²) >= 11 is 2.22. The molecule has 0 heterocycles. The number of carboxylic acid groups (broad SMARTS) is 1. The van der Waals surface area contributed by atoms with Crippen LogP contribution in [0.2, 0.25) is 0 Å². The Morgan fingerprint density at radius 1 is 1.11 bits per heavy atom. The van der Waals surface area contributed by atoms with Crippen molar-refractivity contribution < 1.29 is 14.6 Å². The van der Waals surface area contributed by atoms with E-state index in [0.717, 1.165) is 9.32 Å². The lowest BCUT2D eigenvalue weighted by Gasteiger charge is -2.08. The molecule has 0 atom stereocenters. The Kier molecular flexibility index (Phi) is 4.19. The summed E-state index contributed by atoms with van der Waals surface area (Å²) in [6.07, 6.45) is 0. The van der Waals surface area contributed by atoms with Crippen LogP contribution in [0, 0.1) is 3.57 Å². The number of benzene rings is 2. The maximum atomic E-state index is 11.0. The molecule has 1 N–H and O–H groups in total. The van der Waals surface area contributed by atoms with Gasteiger partial charge in [-0.05, 0) is 52.9 Å². The van der Waals surface area contributed by atoms with Crippen LogP contribution >= 0.6 is 22.6 Å². The zero-order valence-corrected chi connectivity index (χ0v) is 11.6. The lowest BCUT2D eigenvalue weighted by Crippen LogP contribution is -2.05. The molecule has 0 bridgehead atoms. The third-order valence-electron chi connectivity index (χ3n) is 2.46. The maximum absolute atomic E-state index is 11.0. The quantitative estimate of drug-likeness (QED) is 0.854. The van der Waals surface area contributed by atoms with Crippen molar-refractivity contribution in [2.75, 3.05) is 0 Å². The molecule has 0 saturated heterocycles. The molecule has 0 radical (unpaired) electrons. The first kappa shape index (κ1) is 12.9. The molecular weight excluding hydrogens is 343 g/mol. The molecule has 92 valence electrons. The van der Waals surface area contributed by atoms with Crippen LogP contribution in [0.3, 0.4) is 0 Å². The Bertz CT molecular complexity index is 549. The van der Waals surface area contributed by atoms with Gasteiger partial charge in [0, 0.05) is 9.13 Å². The first-order valence-corrected chi connectivity index (χ1v) is 6.44. The normalized spacial score (nSPS) is 10.1. The highest BCUT2D eigenvalue weighted by Crippen LogP contribution is 2.16. The van der Waals surface area contributed by atoms with Crippen LogP contribution in [-0.2, 0) is 6.61 Å². The van der Waals surface area contributed by atoms with Crippen molar-refractivity contribution in [3.8, 4) is 5.75 Å². The van der Waals surface area contributed by atoms with E-state index in [9.17, 15) is 4.79 Å². The molecule has 0 aliphatic heterocycles. The van der Waals surface area contributed by atoms with Crippen LogP contribution in [0.4, 0.5) is 0 Å². The number of carboxylic acids is 1. The minimum absolute atomic E-state index is 0.253. The molecule has 0 spiro atoms. The van der Waals surface area contributed by atoms with Crippen molar-refractivity contribution in [2.45, 2.75) is 6.61 Å². The molecule has 0 aliphatic carbocycles. The molecule has 2 aromatic carbocycles. The largest absolute Gasteiger partial charge is 0.489 e. The van der Waals surface area contributed by atoms with Gasteiger partial charge in [0.15, 0.2) is 0 Å².